The van der Waals surface area contributed by atoms with Crippen LogP contribution in [0.1, 0.15) is 4.88 Å². The summed E-state index contributed by atoms with van der Waals surface area (Å²) in [5.41, 5.74) is 0. The summed E-state index contributed by atoms with van der Waals surface area (Å²) >= 11 is 1.76. The van der Waals surface area contributed by atoms with Crippen LogP contribution in [0.5, 0.6) is 0 Å². The number of ether oxygens (including phenoxy) is 1. The Balaban J connectivity index is 2.47. The van der Waals surface area contributed by atoms with Crippen LogP contribution in [0.25, 0.3) is 10.1 Å². The zero-order valence-corrected chi connectivity index (χ0v) is 7.43. The molecule has 0 unspecified atom stereocenters. The molecule has 0 aliphatic carbocycles. The highest BCUT2D eigenvalue weighted by Gasteiger charge is 1.98. The summed E-state index contributed by atoms with van der Waals surface area (Å²) in [5.74, 6) is 0. The topological polar surface area (TPSA) is 9.23 Å². The molecule has 0 fully saturated rings. The second-order valence-electron chi connectivity index (χ2n) is 2.60. The van der Waals surface area contributed by atoms with Gasteiger partial charge in [0.15, 0.2) is 0 Å². The van der Waals surface area contributed by atoms with Gasteiger partial charge in [-0.25, -0.2) is 0 Å². The third-order valence-corrected chi connectivity index (χ3v) is 2.81. The van der Waals surface area contributed by atoms with Crippen LogP contribution >= 0.6 is 11.3 Å². The summed E-state index contributed by atoms with van der Waals surface area (Å²) in [7, 11) is 3.36. The Morgan fingerprint density at radius 2 is 2.17 bits per heavy atom. The average molecular weight is 177 g/mol. The number of hydrogen-bond donors (Lipinski definition) is 0. The third-order valence-electron chi connectivity index (χ3n) is 1.72. The molecule has 0 atom stereocenters. The van der Waals surface area contributed by atoms with Crippen LogP contribution in [0.2, 0.25) is 0 Å². The van der Waals surface area contributed by atoms with E-state index in [4.69, 9.17) is 4.74 Å². The van der Waals surface area contributed by atoms with Gasteiger partial charge in [-0.05, 0) is 17.5 Å². The van der Waals surface area contributed by atoms with Crippen molar-refractivity contribution in [2.45, 2.75) is 6.61 Å². The van der Waals surface area contributed by atoms with Crippen LogP contribution in [0.3, 0.4) is 0 Å². The lowest BCUT2D eigenvalue weighted by Gasteiger charge is -1.89. The lowest BCUT2D eigenvalue weighted by molar-refractivity contribution is 0.232. The Labute approximate surface area is 75.6 Å². The van der Waals surface area contributed by atoms with E-state index in [1.165, 1.54) is 15.0 Å². The number of fused-ring (bicyclic) bond motifs is 1. The van der Waals surface area contributed by atoms with E-state index < -0.39 is 0 Å². The molecule has 1 aromatic heterocycles. The summed E-state index contributed by atoms with van der Waals surface area (Å²) in [6.07, 6.45) is 0. The van der Waals surface area contributed by atoms with Crippen molar-refractivity contribution >= 4 is 21.4 Å². The molecule has 2 rings (SSSR count). The van der Waals surface area contributed by atoms with Gasteiger partial charge in [-0.15, -0.1) is 11.3 Å². The first-order chi connectivity index (χ1) is 5.90. The number of benzene rings is 1. The predicted octanol–water partition coefficient (Wildman–Crippen LogP) is 3.21. The minimum absolute atomic E-state index is 0.610. The zero-order valence-electron chi connectivity index (χ0n) is 6.62. The fourth-order valence-electron chi connectivity index (χ4n) is 1.21. The first-order valence-corrected chi connectivity index (χ1v) is 4.56. The third kappa shape index (κ3) is 1.36. The SMILES string of the molecule is [CH2]OCc1cc2ccccc2s1. The van der Waals surface area contributed by atoms with Crippen molar-refractivity contribution in [3.8, 4) is 0 Å². The number of thiophene rings is 1. The summed E-state index contributed by atoms with van der Waals surface area (Å²) in [6.45, 7) is 0.610. The van der Waals surface area contributed by atoms with Gasteiger partial charge < -0.3 is 4.74 Å². The molecule has 0 N–H and O–H groups in total. The Bertz CT molecular complexity index is 345. The molecule has 1 aromatic carbocycles. The zero-order chi connectivity index (χ0) is 8.39. The molecule has 0 spiro atoms. The van der Waals surface area contributed by atoms with Gasteiger partial charge in [0.2, 0.25) is 0 Å². The Morgan fingerprint density at radius 3 is 2.92 bits per heavy atom. The molecule has 1 nitrogen and oxygen atoms in total. The van der Waals surface area contributed by atoms with Gasteiger partial charge in [0.1, 0.15) is 0 Å². The second kappa shape index (κ2) is 3.25. The molecule has 0 bridgehead atoms. The fourth-order valence-corrected chi connectivity index (χ4v) is 2.21. The van der Waals surface area contributed by atoms with Gasteiger partial charge in [-0.2, -0.15) is 0 Å². The maximum absolute atomic E-state index is 4.82. The molecular weight excluding hydrogens is 168 g/mol. The minimum atomic E-state index is 0.610. The van der Waals surface area contributed by atoms with Crippen LogP contribution in [0.4, 0.5) is 0 Å². The van der Waals surface area contributed by atoms with E-state index in [9.17, 15) is 0 Å². The number of hydrogen-bond acceptors (Lipinski definition) is 2. The van der Waals surface area contributed by atoms with Crippen molar-refractivity contribution in [3.63, 3.8) is 0 Å². The van der Waals surface area contributed by atoms with Crippen LogP contribution in [0, 0.1) is 7.11 Å². The van der Waals surface area contributed by atoms with Gasteiger partial charge in [0.25, 0.3) is 0 Å². The van der Waals surface area contributed by atoms with Crippen molar-refractivity contribution < 1.29 is 4.74 Å². The van der Waals surface area contributed by atoms with E-state index in [0.29, 0.717) is 6.61 Å². The Hall–Kier alpha value is -0.860. The smallest absolute Gasteiger partial charge is 0.0810 e. The highest BCUT2D eigenvalue weighted by molar-refractivity contribution is 7.19. The molecule has 12 heavy (non-hydrogen) atoms. The van der Waals surface area contributed by atoms with Crippen molar-refractivity contribution in [2.24, 2.45) is 0 Å². The van der Waals surface area contributed by atoms with Crippen LogP contribution < -0.4 is 0 Å². The van der Waals surface area contributed by atoms with Gasteiger partial charge in [0, 0.05) is 9.58 Å². The second-order valence-corrected chi connectivity index (χ2v) is 3.77. The Kier molecular flexibility index (Phi) is 2.11. The van der Waals surface area contributed by atoms with Gasteiger partial charge >= 0.3 is 0 Å². The van der Waals surface area contributed by atoms with Crippen molar-refractivity contribution in [2.75, 3.05) is 0 Å². The van der Waals surface area contributed by atoms with E-state index in [-0.39, 0.29) is 0 Å². The van der Waals surface area contributed by atoms with Crippen LogP contribution in [-0.4, -0.2) is 0 Å². The van der Waals surface area contributed by atoms with E-state index in [2.05, 4.69) is 25.3 Å². The molecule has 0 amide bonds. The van der Waals surface area contributed by atoms with E-state index in [1.54, 1.807) is 11.3 Å². The molecule has 0 saturated carbocycles. The predicted molar refractivity (Wildman–Crippen MR) is 52.0 cm³/mol. The first kappa shape index (κ1) is 7.77. The number of rotatable bonds is 2. The summed E-state index contributed by atoms with van der Waals surface area (Å²) < 4.78 is 6.13. The van der Waals surface area contributed by atoms with E-state index in [1.807, 2.05) is 12.1 Å². The highest BCUT2D eigenvalue weighted by Crippen LogP contribution is 2.25. The molecule has 2 heteroatoms. The summed E-state index contributed by atoms with van der Waals surface area (Å²) in [6, 6.07) is 10.5. The molecular formula is C10H9OS. The maximum Gasteiger partial charge on any atom is 0.0810 e. The van der Waals surface area contributed by atoms with Crippen LogP contribution in [0.15, 0.2) is 30.3 Å². The van der Waals surface area contributed by atoms with Crippen molar-refractivity contribution in [1.29, 1.82) is 0 Å². The van der Waals surface area contributed by atoms with E-state index >= 15 is 0 Å². The molecule has 0 aliphatic rings. The maximum atomic E-state index is 4.82. The van der Waals surface area contributed by atoms with Crippen molar-refractivity contribution in [3.05, 3.63) is 42.3 Å². The average Bonchev–Trinajstić information content (AvgIpc) is 2.47. The largest absolute Gasteiger partial charge is 0.374 e. The van der Waals surface area contributed by atoms with Crippen LogP contribution in [-0.2, 0) is 11.3 Å². The first-order valence-electron chi connectivity index (χ1n) is 3.74. The van der Waals surface area contributed by atoms with E-state index in [0.717, 1.165) is 0 Å². The molecule has 1 radical (unpaired) electrons. The summed E-state index contributed by atoms with van der Waals surface area (Å²) in [4.78, 5) is 1.23. The van der Waals surface area contributed by atoms with Crippen molar-refractivity contribution in [1.82, 2.24) is 0 Å². The summed E-state index contributed by atoms with van der Waals surface area (Å²) in [5, 5.41) is 1.29. The highest BCUT2D eigenvalue weighted by atomic mass is 32.1. The fraction of sp³-hybridized carbons (Fsp3) is 0.100. The van der Waals surface area contributed by atoms with Gasteiger partial charge in [0.05, 0.1) is 13.7 Å². The molecule has 1 heterocycles. The molecule has 0 aliphatic heterocycles. The normalized spacial score (nSPS) is 10.8. The van der Waals surface area contributed by atoms with Gasteiger partial charge in [-0.1, -0.05) is 18.2 Å². The molecule has 61 valence electrons. The van der Waals surface area contributed by atoms with Gasteiger partial charge in [-0.3, -0.25) is 0 Å². The standard InChI is InChI=1S/C10H9OS/c1-11-7-9-6-8-4-2-3-5-10(8)12-9/h2-6H,1,7H2. The monoisotopic (exact) mass is 177 g/mol. The lowest BCUT2D eigenvalue weighted by atomic mass is 10.2. The Morgan fingerprint density at radius 1 is 1.33 bits per heavy atom. The molecule has 0 saturated heterocycles. The minimum Gasteiger partial charge on any atom is -0.374 e. The quantitative estimate of drug-likeness (QED) is 0.684. The lowest BCUT2D eigenvalue weighted by Crippen LogP contribution is -1.76. The molecule has 2 aromatic rings.